The number of amides is 1. The Labute approximate surface area is 122 Å². The van der Waals surface area contributed by atoms with Gasteiger partial charge in [0.15, 0.2) is 12.5 Å². The smallest absolute Gasteiger partial charge is 0.257 e. The molecule has 0 aliphatic heterocycles. The molecule has 5 nitrogen and oxygen atoms in total. The largest absolute Gasteiger partial charge is 0.484 e. The lowest BCUT2D eigenvalue weighted by atomic mass is 10.3. The number of carbonyl (C=O) groups is 1. The third-order valence-electron chi connectivity index (χ3n) is 2.84. The first kappa shape index (κ1) is 15.0. The molecule has 0 bridgehead atoms. The molecule has 21 heavy (non-hydrogen) atoms. The quantitative estimate of drug-likeness (QED) is 0.886. The minimum atomic E-state index is -0.399. The molecule has 2 rings (SSSR count). The van der Waals surface area contributed by atoms with Gasteiger partial charge in [0.25, 0.3) is 5.91 Å². The molecular formula is C15H17FN2O3. The molecule has 0 radical (unpaired) electrons. The van der Waals surface area contributed by atoms with Gasteiger partial charge in [-0.25, -0.2) is 9.37 Å². The Bertz CT molecular complexity index is 625. The number of hydrogen-bond donors (Lipinski definition) is 1. The Morgan fingerprint density at radius 3 is 2.90 bits per heavy atom. The minimum Gasteiger partial charge on any atom is -0.484 e. The van der Waals surface area contributed by atoms with E-state index >= 15 is 0 Å². The Hall–Kier alpha value is -2.37. The summed E-state index contributed by atoms with van der Waals surface area (Å²) in [5.41, 5.74) is 0.831. The number of nitrogens with zero attached hydrogens (tertiary/aromatic N) is 1. The number of oxazole rings is 1. The predicted molar refractivity (Wildman–Crippen MR) is 74.6 cm³/mol. The number of nitrogens with one attached hydrogen (secondary N) is 1. The first-order chi connectivity index (χ1) is 10.0. The fourth-order valence-corrected chi connectivity index (χ4v) is 1.88. The van der Waals surface area contributed by atoms with Crippen LogP contribution in [0.4, 0.5) is 4.39 Å². The second kappa shape index (κ2) is 6.88. The van der Waals surface area contributed by atoms with Crippen molar-refractivity contribution in [2.75, 3.05) is 13.2 Å². The van der Waals surface area contributed by atoms with E-state index in [4.69, 9.17) is 9.15 Å². The third-order valence-corrected chi connectivity index (χ3v) is 2.84. The van der Waals surface area contributed by atoms with Crippen molar-refractivity contribution in [2.24, 2.45) is 0 Å². The van der Waals surface area contributed by atoms with Crippen molar-refractivity contribution in [3.05, 3.63) is 47.4 Å². The molecule has 1 amide bonds. The highest BCUT2D eigenvalue weighted by molar-refractivity contribution is 5.77. The lowest BCUT2D eigenvalue weighted by molar-refractivity contribution is -0.123. The molecule has 112 valence electrons. The number of carbonyl (C=O) groups excluding carboxylic acids is 1. The molecule has 2 aromatic rings. The van der Waals surface area contributed by atoms with E-state index in [1.54, 1.807) is 13.0 Å². The molecule has 1 aromatic carbocycles. The van der Waals surface area contributed by atoms with E-state index in [2.05, 4.69) is 10.3 Å². The van der Waals surface area contributed by atoms with Crippen LogP contribution in [0.2, 0.25) is 0 Å². The van der Waals surface area contributed by atoms with Gasteiger partial charge in [-0.05, 0) is 19.1 Å². The van der Waals surface area contributed by atoms with Crippen LogP contribution in [0.15, 0.2) is 28.7 Å². The predicted octanol–water partition coefficient (Wildman–Crippen LogP) is 2.17. The normalized spacial score (nSPS) is 10.4. The summed E-state index contributed by atoms with van der Waals surface area (Å²) in [4.78, 5) is 15.8. The first-order valence-corrected chi connectivity index (χ1v) is 6.62. The van der Waals surface area contributed by atoms with E-state index in [1.807, 2.05) is 6.92 Å². The van der Waals surface area contributed by atoms with Gasteiger partial charge < -0.3 is 14.5 Å². The average Bonchev–Trinajstić information content (AvgIpc) is 2.75. The number of rotatable bonds is 6. The van der Waals surface area contributed by atoms with Crippen LogP contribution in [-0.4, -0.2) is 24.0 Å². The molecule has 0 aliphatic carbocycles. The van der Waals surface area contributed by atoms with E-state index in [0.29, 0.717) is 24.6 Å². The average molecular weight is 292 g/mol. The monoisotopic (exact) mass is 292 g/mol. The van der Waals surface area contributed by atoms with E-state index in [1.165, 1.54) is 18.2 Å². The second-order valence-corrected chi connectivity index (χ2v) is 4.59. The first-order valence-electron chi connectivity index (χ1n) is 6.62. The highest BCUT2D eigenvalue weighted by Gasteiger charge is 2.08. The molecule has 0 spiro atoms. The number of ether oxygens (including phenoxy) is 1. The third kappa shape index (κ3) is 4.59. The number of benzene rings is 1. The van der Waals surface area contributed by atoms with Gasteiger partial charge >= 0.3 is 0 Å². The minimum absolute atomic E-state index is 0.155. The van der Waals surface area contributed by atoms with Crippen LogP contribution in [-0.2, 0) is 11.2 Å². The molecule has 0 atom stereocenters. The highest BCUT2D eigenvalue weighted by Crippen LogP contribution is 2.11. The van der Waals surface area contributed by atoms with Gasteiger partial charge in [0.2, 0.25) is 0 Å². The Morgan fingerprint density at radius 2 is 2.24 bits per heavy atom. The van der Waals surface area contributed by atoms with Crippen molar-refractivity contribution in [2.45, 2.75) is 20.3 Å². The zero-order chi connectivity index (χ0) is 15.2. The van der Waals surface area contributed by atoms with Crippen LogP contribution >= 0.6 is 0 Å². The fourth-order valence-electron chi connectivity index (χ4n) is 1.88. The van der Waals surface area contributed by atoms with Crippen molar-refractivity contribution < 1.29 is 18.3 Å². The highest BCUT2D eigenvalue weighted by atomic mass is 19.1. The van der Waals surface area contributed by atoms with Gasteiger partial charge in [0.1, 0.15) is 17.3 Å². The molecule has 0 saturated carbocycles. The summed E-state index contributed by atoms with van der Waals surface area (Å²) < 4.78 is 23.5. The van der Waals surface area contributed by atoms with E-state index in [0.717, 1.165) is 11.5 Å². The SMILES string of the molecule is Cc1nc(C)c(CCNC(=O)COc2cccc(F)c2)o1. The molecule has 0 fully saturated rings. The second-order valence-electron chi connectivity index (χ2n) is 4.59. The zero-order valence-electron chi connectivity index (χ0n) is 12.0. The maximum absolute atomic E-state index is 12.9. The maximum Gasteiger partial charge on any atom is 0.257 e. The summed E-state index contributed by atoms with van der Waals surface area (Å²) in [6.45, 7) is 3.92. The Balaban J connectivity index is 1.71. The summed E-state index contributed by atoms with van der Waals surface area (Å²) in [7, 11) is 0. The molecule has 0 unspecified atom stereocenters. The summed E-state index contributed by atoms with van der Waals surface area (Å²) in [6, 6.07) is 5.66. The molecule has 0 saturated heterocycles. The van der Waals surface area contributed by atoms with Crippen LogP contribution in [0, 0.1) is 19.7 Å². The van der Waals surface area contributed by atoms with Gasteiger partial charge in [0.05, 0.1) is 5.69 Å². The maximum atomic E-state index is 12.9. The summed E-state index contributed by atoms with van der Waals surface area (Å²) in [6.07, 6.45) is 0.568. The molecule has 1 heterocycles. The van der Waals surface area contributed by atoms with Crippen molar-refractivity contribution in [3.63, 3.8) is 0 Å². The number of aromatic nitrogens is 1. The molecule has 6 heteroatoms. The van der Waals surface area contributed by atoms with Crippen molar-refractivity contribution >= 4 is 5.91 Å². The van der Waals surface area contributed by atoms with Gasteiger partial charge in [-0.15, -0.1) is 0 Å². The molecular weight excluding hydrogens is 275 g/mol. The Morgan fingerprint density at radius 1 is 1.43 bits per heavy atom. The lowest BCUT2D eigenvalue weighted by Crippen LogP contribution is -2.30. The standard InChI is InChI=1S/C15H17FN2O3/c1-10-14(21-11(2)18-10)6-7-17-15(19)9-20-13-5-3-4-12(16)8-13/h3-5,8H,6-7,9H2,1-2H3,(H,17,19). The molecule has 0 aliphatic rings. The number of halogens is 1. The summed E-state index contributed by atoms with van der Waals surface area (Å²) in [5, 5.41) is 2.71. The van der Waals surface area contributed by atoms with Crippen molar-refractivity contribution in [3.8, 4) is 5.75 Å². The van der Waals surface area contributed by atoms with Gasteiger partial charge in [-0.3, -0.25) is 4.79 Å². The van der Waals surface area contributed by atoms with Crippen LogP contribution in [0.25, 0.3) is 0 Å². The van der Waals surface area contributed by atoms with Crippen LogP contribution in [0.5, 0.6) is 5.75 Å². The summed E-state index contributed by atoms with van der Waals surface area (Å²) >= 11 is 0. The van der Waals surface area contributed by atoms with Gasteiger partial charge in [-0.1, -0.05) is 6.07 Å². The van der Waals surface area contributed by atoms with Gasteiger partial charge in [0, 0.05) is 26.0 Å². The van der Waals surface area contributed by atoms with E-state index < -0.39 is 5.82 Å². The number of hydrogen-bond acceptors (Lipinski definition) is 4. The topological polar surface area (TPSA) is 64.4 Å². The van der Waals surface area contributed by atoms with Crippen LogP contribution < -0.4 is 10.1 Å². The summed E-state index contributed by atoms with van der Waals surface area (Å²) in [5.74, 6) is 1.03. The number of aryl methyl sites for hydroxylation is 2. The van der Waals surface area contributed by atoms with E-state index in [-0.39, 0.29) is 12.5 Å². The molecule has 1 aromatic heterocycles. The van der Waals surface area contributed by atoms with Crippen LogP contribution in [0.3, 0.4) is 0 Å². The van der Waals surface area contributed by atoms with Gasteiger partial charge in [-0.2, -0.15) is 0 Å². The van der Waals surface area contributed by atoms with E-state index in [9.17, 15) is 9.18 Å². The Kier molecular flexibility index (Phi) is 4.92. The fraction of sp³-hybridized carbons (Fsp3) is 0.333. The van der Waals surface area contributed by atoms with Crippen molar-refractivity contribution in [1.82, 2.24) is 10.3 Å². The molecule has 1 N–H and O–H groups in total. The lowest BCUT2D eigenvalue weighted by Gasteiger charge is -2.07. The van der Waals surface area contributed by atoms with Crippen molar-refractivity contribution in [1.29, 1.82) is 0 Å². The zero-order valence-corrected chi connectivity index (χ0v) is 12.0. The van der Waals surface area contributed by atoms with Crippen LogP contribution in [0.1, 0.15) is 17.3 Å².